The molecule has 25 heavy (non-hydrogen) atoms. The molecule has 4 rings (SSSR count). The Hall–Kier alpha value is -2.93. The monoisotopic (exact) mass is 349 g/mol. The lowest BCUT2D eigenvalue weighted by atomic mass is 10.2. The molecule has 0 unspecified atom stereocenters. The number of aromatic nitrogens is 5. The van der Waals surface area contributed by atoms with Crippen molar-refractivity contribution in [2.75, 3.05) is 0 Å². The van der Waals surface area contributed by atoms with Crippen molar-refractivity contribution in [2.45, 2.75) is 17.4 Å². The van der Waals surface area contributed by atoms with Crippen LogP contribution in [-0.2, 0) is 0 Å². The highest BCUT2D eigenvalue weighted by atomic mass is 32.2. The van der Waals surface area contributed by atoms with Gasteiger partial charge in [0.05, 0.1) is 22.8 Å². The van der Waals surface area contributed by atoms with E-state index in [0.29, 0.717) is 11.1 Å². The van der Waals surface area contributed by atoms with Gasteiger partial charge >= 0.3 is 0 Å². The van der Waals surface area contributed by atoms with E-state index in [-0.39, 0.29) is 5.25 Å². The maximum Gasteiger partial charge on any atom is 0.277 e. The number of hydrogen-bond acceptors (Lipinski definition) is 6. The van der Waals surface area contributed by atoms with Crippen LogP contribution in [0.1, 0.15) is 17.9 Å². The summed E-state index contributed by atoms with van der Waals surface area (Å²) in [6.07, 6.45) is 1.92. The van der Waals surface area contributed by atoms with Crippen LogP contribution in [0.4, 0.5) is 0 Å². The number of thioether (sulfide) groups is 1. The Kier molecular flexibility index (Phi) is 4.30. The summed E-state index contributed by atoms with van der Waals surface area (Å²) in [5.74, 6) is 0.517. The molecule has 0 aliphatic heterocycles. The van der Waals surface area contributed by atoms with E-state index in [1.807, 2.05) is 73.8 Å². The summed E-state index contributed by atoms with van der Waals surface area (Å²) in [7, 11) is 0. The predicted octanol–water partition coefficient (Wildman–Crippen LogP) is 4.17. The van der Waals surface area contributed by atoms with E-state index in [1.165, 1.54) is 11.8 Å². The fourth-order valence-electron chi connectivity index (χ4n) is 2.34. The predicted molar refractivity (Wildman–Crippen MR) is 95.4 cm³/mol. The minimum atomic E-state index is 0.0431. The highest BCUT2D eigenvalue weighted by Gasteiger charge is 2.17. The molecule has 124 valence electrons. The van der Waals surface area contributed by atoms with E-state index < -0.39 is 0 Å². The second-order valence-electron chi connectivity index (χ2n) is 5.42. The van der Waals surface area contributed by atoms with Crippen molar-refractivity contribution < 1.29 is 4.42 Å². The van der Waals surface area contributed by atoms with Gasteiger partial charge in [0.25, 0.3) is 5.22 Å². The van der Waals surface area contributed by atoms with Gasteiger partial charge in [-0.2, -0.15) is 0 Å². The van der Waals surface area contributed by atoms with E-state index in [4.69, 9.17) is 4.42 Å². The number of hydrogen-bond donors (Lipinski definition) is 0. The van der Waals surface area contributed by atoms with Crippen LogP contribution < -0.4 is 0 Å². The molecule has 2 aromatic heterocycles. The first-order valence-corrected chi connectivity index (χ1v) is 8.71. The molecule has 0 N–H and O–H groups in total. The van der Waals surface area contributed by atoms with Gasteiger partial charge in [-0.1, -0.05) is 53.4 Å². The Morgan fingerprint density at radius 3 is 2.40 bits per heavy atom. The molecule has 0 spiro atoms. The molecule has 0 radical (unpaired) electrons. The number of nitrogens with zero attached hydrogens (tertiary/aromatic N) is 5. The Bertz CT molecular complexity index is 952. The van der Waals surface area contributed by atoms with Gasteiger partial charge in [0.1, 0.15) is 0 Å². The zero-order valence-electron chi connectivity index (χ0n) is 13.5. The lowest BCUT2D eigenvalue weighted by molar-refractivity contribution is 0.465. The van der Waals surface area contributed by atoms with Crippen LogP contribution in [0.5, 0.6) is 0 Å². The van der Waals surface area contributed by atoms with Gasteiger partial charge < -0.3 is 4.42 Å². The number of rotatable bonds is 5. The molecule has 0 saturated heterocycles. The molecule has 0 fully saturated rings. The van der Waals surface area contributed by atoms with Crippen LogP contribution in [0.2, 0.25) is 0 Å². The van der Waals surface area contributed by atoms with E-state index in [1.54, 1.807) is 4.68 Å². The van der Waals surface area contributed by atoms with Crippen molar-refractivity contribution in [3.8, 4) is 17.1 Å². The Morgan fingerprint density at radius 2 is 1.64 bits per heavy atom. The molecule has 0 aliphatic rings. The summed E-state index contributed by atoms with van der Waals surface area (Å²) in [6, 6.07) is 19.6. The van der Waals surface area contributed by atoms with Crippen molar-refractivity contribution in [1.82, 2.24) is 25.2 Å². The minimum absolute atomic E-state index is 0.0431. The lowest BCUT2D eigenvalue weighted by Gasteiger charge is -2.03. The van der Waals surface area contributed by atoms with E-state index in [2.05, 4.69) is 20.5 Å². The van der Waals surface area contributed by atoms with E-state index >= 15 is 0 Å². The smallest absolute Gasteiger partial charge is 0.277 e. The van der Waals surface area contributed by atoms with Crippen LogP contribution in [0.15, 0.2) is 76.5 Å². The average Bonchev–Trinajstić information content (AvgIpc) is 3.33. The molecule has 2 aromatic carbocycles. The van der Waals surface area contributed by atoms with Gasteiger partial charge in [-0.15, -0.1) is 15.3 Å². The lowest BCUT2D eigenvalue weighted by Crippen LogP contribution is -1.93. The molecule has 0 aliphatic carbocycles. The Labute approximate surface area is 148 Å². The first-order valence-electron chi connectivity index (χ1n) is 7.83. The SMILES string of the molecule is C[C@@H](Sc1nnc(-c2ccccc2)o1)c1cn(-c2ccccc2)nn1. The van der Waals surface area contributed by atoms with Crippen molar-refractivity contribution in [1.29, 1.82) is 0 Å². The molecular weight excluding hydrogens is 334 g/mol. The third-order valence-corrected chi connectivity index (χ3v) is 4.61. The van der Waals surface area contributed by atoms with Crippen molar-refractivity contribution in [3.05, 3.63) is 72.6 Å². The largest absolute Gasteiger partial charge is 0.411 e. The fourth-order valence-corrected chi connectivity index (χ4v) is 3.08. The van der Waals surface area contributed by atoms with Crippen LogP contribution in [0.3, 0.4) is 0 Å². The third-order valence-electron chi connectivity index (χ3n) is 3.65. The summed E-state index contributed by atoms with van der Waals surface area (Å²) in [4.78, 5) is 0. The normalized spacial score (nSPS) is 12.2. The van der Waals surface area contributed by atoms with Gasteiger partial charge in [-0.25, -0.2) is 4.68 Å². The Balaban J connectivity index is 1.49. The topological polar surface area (TPSA) is 69.6 Å². The zero-order chi connectivity index (χ0) is 17.1. The number of para-hydroxylation sites is 1. The molecular formula is C18H15N5OS. The second-order valence-corrected chi connectivity index (χ2v) is 6.71. The molecule has 0 bridgehead atoms. The maximum atomic E-state index is 5.74. The average molecular weight is 349 g/mol. The van der Waals surface area contributed by atoms with Gasteiger partial charge in [0, 0.05) is 5.56 Å². The molecule has 0 amide bonds. The van der Waals surface area contributed by atoms with Crippen LogP contribution in [-0.4, -0.2) is 25.2 Å². The first kappa shape index (κ1) is 15.6. The van der Waals surface area contributed by atoms with Crippen LogP contribution in [0, 0.1) is 0 Å². The zero-order valence-corrected chi connectivity index (χ0v) is 14.3. The van der Waals surface area contributed by atoms with Gasteiger partial charge in [0.2, 0.25) is 5.89 Å². The van der Waals surface area contributed by atoms with Crippen molar-refractivity contribution >= 4 is 11.8 Å². The minimum Gasteiger partial charge on any atom is -0.411 e. The van der Waals surface area contributed by atoms with E-state index in [0.717, 1.165) is 16.9 Å². The first-order chi connectivity index (χ1) is 12.3. The van der Waals surface area contributed by atoms with Gasteiger partial charge in [-0.3, -0.25) is 0 Å². The fraction of sp³-hybridized carbons (Fsp3) is 0.111. The summed E-state index contributed by atoms with van der Waals surface area (Å²) < 4.78 is 7.50. The third kappa shape index (κ3) is 3.46. The van der Waals surface area contributed by atoms with Gasteiger partial charge in [0.15, 0.2) is 0 Å². The highest BCUT2D eigenvalue weighted by molar-refractivity contribution is 7.99. The molecule has 2 heterocycles. The van der Waals surface area contributed by atoms with Crippen LogP contribution in [0.25, 0.3) is 17.1 Å². The Morgan fingerprint density at radius 1 is 0.920 bits per heavy atom. The summed E-state index contributed by atoms with van der Waals surface area (Å²) in [5, 5.41) is 17.2. The van der Waals surface area contributed by atoms with E-state index in [9.17, 15) is 0 Å². The standard InChI is InChI=1S/C18H15N5OS/c1-13(16-12-23(22-19-16)15-10-6-3-7-11-15)25-18-21-20-17(24-18)14-8-4-2-5-9-14/h2-13H,1H3/t13-/m1/s1. The molecule has 0 saturated carbocycles. The summed E-state index contributed by atoms with van der Waals surface area (Å²) in [5.41, 5.74) is 2.74. The summed E-state index contributed by atoms with van der Waals surface area (Å²) >= 11 is 1.46. The quantitative estimate of drug-likeness (QED) is 0.504. The van der Waals surface area contributed by atoms with Crippen LogP contribution >= 0.6 is 11.8 Å². The molecule has 1 atom stereocenters. The highest BCUT2D eigenvalue weighted by Crippen LogP contribution is 2.34. The second kappa shape index (κ2) is 6.90. The van der Waals surface area contributed by atoms with Crippen molar-refractivity contribution in [3.63, 3.8) is 0 Å². The van der Waals surface area contributed by atoms with Gasteiger partial charge in [-0.05, 0) is 31.2 Å². The molecule has 6 nitrogen and oxygen atoms in total. The van der Waals surface area contributed by atoms with Crippen molar-refractivity contribution in [2.24, 2.45) is 0 Å². The molecule has 4 aromatic rings. The number of benzene rings is 2. The maximum absolute atomic E-state index is 5.74. The molecule has 7 heteroatoms. The summed E-state index contributed by atoms with van der Waals surface area (Å²) in [6.45, 7) is 2.04.